The largest absolute Gasteiger partial charge is 0.381 e. The lowest BCUT2D eigenvalue weighted by atomic mass is 9.77. The van der Waals surface area contributed by atoms with Crippen molar-refractivity contribution in [2.45, 2.75) is 38.1 Å². The maximum atomic E-state index is 12.9. The molecule has 0 saturated carbocycles. The summed E-state index contributed by atoms with van der Waals surface area (Å²) in [6.45, 7) is 3.13. The first-order valence-electron chi connectivity index (χ1n) is 8.01. The van der Waals surface area contributed by atoms with Crippen LogP contribution in [0.15, 0.2) is 0 Å². The number of nitrogens with one attached hydrogen (secondary N) is 1. The second kappa shape index (κ2) is 5.93. The minimum Gasteiger partial charge on any atom is -0.381 e. The molecule has 6 nitrogen and oxygen atoms in total. The molecule has 0 aromatic carbocycles. The Balaban J connectivity index is 1.67. The summed E-state index contributed by atoms with van der Waals surface area (Å²) in [6, 6.07) is 0.249. The number of carbonyl (C=O) groups excluding carboxylic acids is 2. The topological polar surface area (TPSA) is 84.7 Å². The molecule has 3 rings (SSSR count). The van der Waals surface area contributed by atoms with E-state index in [0.29, 0.717) is 32.1 Å². The zero-order valence-corrected chi connectivity index (χ0v) is 12.5. The number of carbonyl (C=O) groups is 2. The van der Waals surface area contributed by atoms with E-state index >= 15 is 0 Å². The fourth-order valence-electron chi connectivity index (χ4n) is 3.90. The molecule has 3 aliphatic heterocycles. The first kappa shape index (κ1) is 14.8. The predicted molar refractivity (Wildman–Crippen MR) is 77.4 cm³/mol. The maximum absolute atomic E-state index is 12.9. The van der Waals surface area contributed by atoms with Crippen LogP contribution in [0.2, 0.25) is 0 Å². The van der Waals surface area contributed by atoms with Crippen molar-refractivity contribution in [3.8, 4) is 0 Å². The van der Waals surface area contributed by atoms with Crippen molar-refractivity contribution in [3.63, 3.8) is 0 Å². The summed E-state index contributed by atoms with van der Waals surface area (Å²) in [4.78, 5) is 26.4. The third-order valence-electron chi connectivity index (χ3n) is 5.40. The number of nitrogens with zero attached hydrogens (tertiary/aromatic N) is 1. The summed E-state index contributed by atoms with van der Waals surface area (Å²) >= 11 is 0. The molecule has 0 aromatic heterocycles. The number of amides is 2. The van der Waals surface area contributed by atoms with Crippen molar-refractivity contribution in [2.75, 3.05) is 32.8 Å². The van der Waals surface area contributed by atoms with Gasteiger partial charge in [-0.25, -0.2) is 0 Å². The summed E-state index contributed by atoms with van der Waals surface area (Å²) in [5, 5.41) is 3.06. The minimum absolute atomic E-state index is 0.152. The van der Waals surface area contributed by atoms with Crippen LogP contribution < -0.4 is 11.1 Å². The van der Waals surface area contributed by atoms with Gasteiger partial charge in [-0.05, 0) is 31.6 Å². The Bertz CT molecular complexity index is 420. The lowest BCUT2D eigenvalue weighted by molar-refractivity contribution is -0.150. The highest BCUT2D eigenvalue weighted by Gasteiger charge is 2.44. The van der Waals surface area contributed by atoms with Gasteiger partial charge in [0.05, 0.1) is 5.41 Å². The van der Waals surface area contributed by atoms with Crippen molar-refractivity contribution in [1.29, 1.82) is 0 Å². The van der Waals surface area contributed by atoms with Crippen molar-refractivity contribution in [1.82, 2.24) is 10.2 Å². The molecule has 2 atom stereocenters. The van der Waals surface area contributed by atoms with Crippen LogP contribution in [0.4, 0.5) is 0 Å². The molecule has 2 unspecified atom stereocenters. The first-order chi connectivity index (χ1) is 10.1. The van der Waals surface area contributed by atoms with Gasteiger partial charge >= 0.3 is 0 Å². The minimum atomic E-state index is -0.428. The normalized spacial score (nSPS) is 32.2. The second-order valence-corrected chi connectivity index (χ2v) is 6.61. The molecule has 2 amide bonds. The summed E-state index contributed by atoms with van der Waals surface area (Å²) in [5.74, 6) is 0.748. The Kier molecular flexibility index (Phi) is 4.17. The SMILES string of the molecule is NCC1(C(=O)N2CCC3NC(=O)CCC3C2)CCOCC1. The van der Waals surface area contributed by atoms with Gasteiger partial charge in [-0.3, -0.25) is 9.59 Å². The van der Waals surface area contributed by atoms with E-state index in [4.69, 9.17) is 10.5 Å². The van der Waals surface area contributed by atoms with E-state index < -0.39 is 5.41 Å². The lowest BCUT2D eigenvalue weighted by Gasteiger charge is -2.45. The molecule has 3 fully saturated rings. The zero-order chi connectivity index (χ0) is 14.9. The number of fused-ring (bicyclic) bond motifs is 1. The number of hydrogen-bond acceptors (Lipinski definition) is 4. The standard InChI is InChI=1S/C15H25N3O3/c16-10-15(4-7-21-8-5-15)14(20)18-6-3-12-11(9-18)1-2-13(19)17-12/h11-12H,1-10,16H2,(H,17,19). The quantitative estimate of drug-likeness (QED) is 0.743. The Morgan fingerprint density at radius 3 is 2.86 bits per heavy atom. The van der Waals surface area contributed by atoms with Crippen molar-refractivity contribution in [2.24, 2.45) is 17.1 Å². The monoisotopic (exact) mass is 295 g/mol. The van der Waals surface area contributed by atoms with Gasteiger partial charge in [0.1, 0.15) is 0 Å². The molecule has 3 N–H and O–H groups in total. The molecule has 21 heavy (non-hydrogen) atoms. The highest BCUT2D eigenvalue weighted by atomic mass is 16.5. The van der Waals surface area contributed by atoms with Crippen LogP contribution in [0.3, 0.4) is 0 Å². The third-order valence-corrected chi connectivity index (χ3v) is 5.40. The maximum Gasteiger partial charge on any atom is 0.230 e. The Hall–Kier alpha value is -1.14. The summed E-state index contributed by atoms with van der Waals surface area (Å²) in [6.07, 6.45) is 3.78. The third kappa shape index (κ3) is 2.79. The van der Waals surface area contributed by atoms with Gasteiger partial charge < -0.3 is 20.7 Å². The van der Waals surface area contributed by atoms with Gasteiger partial charge in [0, 0.05) is 45.3 Å². The van der Waals surface area contributed by atoms with Gasteiger partial charge in [0.25, 0.3) is 0 Å². The van der Waals surface area contributed by atoms with Crippen molar-refractivity contribution in [3.05, 3.63) is 0 Å². The molecule has 118 valence electrons. The second-order valence-electron chi connectivity index (χ2n) is 6.61. The molecule has 0 aliphatic carbocycles. The first-order valence-corrected chi connectivity index (χ1v) is 8.01. The number of ether oxygens (including phenoxy) is 1. The Morgan fingerprint density at radius 2 is 2.14 bits per heavy atom. The van der Waals surface area contributed by atoms with Gasteiger partial charge in [-0.2, -0.15) is 0 Å². The van der Waals surface area contributed by atoms with E-state index in [1.807, 2.05) is 4.90 Å². The predicted octanol–water partition coefficient (Wildman–Crippen LogP) is -0.131. The average Bonchev–Trinajstić information content (AvgIpc) is 2.54. The van der Waals surface area contributed by atoms with Crippen LogP contribution in [-0.4, -0.2) is 55.6 Å². The molecule has 0 spiro atoms. The highest BCUT2D eigenvalue weighted by molar-refractivity contribution is 5.83. The molecule has 3 heterocycles. The van der Waals surface area contributed by atoms with E-state index in [2.05, 4.69) is 5.32 Å². The molecular weight excluding hydrogens is 270 g/mol. The van der Waals surface area contributed by atoms with Crippen LogP contribution in [0.5, 0.6) is 0 Å². The number of nitrogens with two attached hydrogens (primary N) is 1. The van der Waals surface area contributed by atoms with E-state index in [1.165, 1.54) is 0 Å². The number of likely N-dealkylation sites (tertiary alicyclic amines) is 1. The fourth-order valence-corrected chi connectivity index (χ4v) is 3.90. The van der Waals surface area contributed by atoms with Crippen LogP contribution in [0.25, 0.3) is 0 Å². The fraction of sp³-hybridized carbons (Fsp3) is 0.867. The van der Waals surface area contributed by atoms with Crippen molar-refractivity contribution < 1.29 is 14.3 Å². The zero-order valence-electron chi connectivity index (χ0n) is 12.5. The van der Waals surface area contributed by atoms with Gasteiger partial charge in [0.15, 0.2) is 0 Å². The average molecular weight is 295 g/mol. The Labute approximate surface area is 125 Å². The van der Waals surface area contributed by atoms with E-state index in [0.717, 1.165) is 38.8 Å². The lowest BCUT2D eigenvalue weighted by Crippen LogP contribution is -2.59. The smallest absolute Gasteiger partial charge is 0.230 e. The van der Waals surface area contributed by atoms with Crippen LogP contribution >= 0.6 is 0 Å². The van der Waals surface area contributed by atoms with Crippen LogP contribution in [0.1, 0.15) is 32.1 Å². The van der Waals surface area contributed by atoms with Gasteiger partial charge in [-0.15, -0.1) is 0 Å². The molecule has 0 aromatic rings. The molecule has 0 bridgehead atoms. The van der Waals surface area contributed by atoms with E-state index in [9.17, 15) is 9.59 Å². The summed E-state index contributed by atoms with van der Waals surface area (Å²) < 4.78 is 5.39. The molecule has 3 saturated heterocycles. The number of hydrogen-bond donors (Lipinski definition) is 2. The van der Waals surface area contributed by atoms with Gasteiger partial charge in [0.2, 0.25) is 11.8 Å². The van der Waals surface area contributed by atoms with Crippen LogP contribution in [-0.2, 0) is 14.3 Å². The summed E-state index contributed by atoms with van der Waals surface area (Å²) in [7, 11) is 0. The number of piperidine rings is 2. The van der Waals surface area contributed by atoms with Crippen molar-refractivity contribution >= 4 is 11.8 Å². The summed E-state index contributed by atoms with van der Waals surface area (Å²) in [5.41, 5.74) is 5.51. The number of rotatable bonds is 2. The van der Waals surface area contributed by atoms with E-state index in [1.54, 1.807) is 0 Å². The molecule has 3 aliphatic rings. The highest BCUT2D eigenvalue weighted by Crippen LogP contribution is 2.34. The van der Waals surface area contributed by atoms with Gasteiger partial charge in [-0.1, -0.05) is 0 Å². The molecule has 6 heteroatoms. The Morgan fingerprint density at radius 1 is 1.38 bits per heavy atom. The van der Waals surface area contributed by atoms with Crippen LogP contribution in [0, 0.1) is 11.3 Å². The molecular formula is C15H25N3O3. The molecule has 0 radical (unpaired) electrons. The van der Waals surface area contributed by atoms with E-state index in [-0.39, 0.29) is 17.9 Å².